The molecule has 72 heavy (non-hydrogen) atoms. The van der Waals surface area contributed by atoms with Gasteiger partial charge in [-0.1, -0.05) is 135 Å². The minimum absolute atomic E-state index is 0. The van der Waals surface area contributed by atoms with Crippen molar-refractivity contribution in [2.45, 2.75) is 26.2 Å². The second-order valence-electron chi connectivity index (χ2n) is 19.3. The van der Waals surface area contributed by atoms with Gasteiger partial charge in [0.15, 0.2) is 0 Å². The number of hydrogen-bond donors (Lipinski definition) is 0. The molecule has 0 fully saturated rings. The van der Waals surface area contributed by atoms with E-state index >= 15 is 0 Å². The van der Waals surface area contributed by atoms with E-state index in [0.29, 0.717) is 11.5 Å². The van der Waals surface area contributed by atoms with E-state index in [1.54, 1.807) is 0 Å². The Balaban J connectivity index is 0.00000504. The van der Waals surface area contributed by atoms with Gasteiger partial charge in [-0.2, -0.15) is 18.2 Å². The van der Waals surface area contributed by atoms with Crippen LogP contribution in [-0.4, -0.2) is 23.3 Å². The van der Waals surface area contributed by atoms with Crippen LogP contribution in [0.5, 0.6) is 11.5 Å². The quantitative estimate of drug-likeness (QED) is 0.118. The van der Waals surface area contributed by atoms with Crippen LogP contribution in [0.3, 0.4) is 0 Å². The third kappa shape index (κ3) is 6.83. The van der Waals surface area contributed by atoms with Crippen LogP contribution in [0.1, 0.15) is 26.3 Å². The minimum Gasteiger partial charge on any atom is -0.510 e. The molecule has 0 aliphatic rings. The number of aromatic nitrogens is 6. The molecule has 5 heterocycles. The van der Waals surface area contributed by atoms with Crippen molar-refractivity contribution in [3.8, 4) is 40.1 Å². The molecule has 0 aliphatic carbocycles. The van der Waals surface area contributed by atoms with Crippen molar-refractivity contribution in [1.29, 1.82) is 0 Å². The van der Waals surface area contributed by atoms with Crippen LogP contribution in [-0.2, 0) is 26.5 Å². The molecule has 14 rings (SSSR count). The number of para-hydroxylation sites is 8. The molecule has 0 saturated carbocycles. The van der Waals surface area contributed by atoms with Gasteiger partial charge in [0.2, 0.25) is 0 Å². The molecule has 0 atom stereocenters. The van der Waals surface area contributed by atoms with Crippen molar-refractivity contribution in [2.24, 2.45) is 0 Å². The molecule has 9 aromatic carbocycles. The van der Waals surface area contributed by atoms with E-state index in [4.69, 9.17) is 9.72 Å². The Kier molecular flexibility index (Phi) is 10.2. The predicted octanol–water partition coefficient (Wildman–Crippen LogP) is 15.1. The van der Waals surface area contributed by atoms with E-state index in [-0.39, 0.29) is 26.5 Å². The summed E-state index contributed by atoms with van der Waals surface area (Å²) in [5.41, 5.74) is 13.6. The van der Waals surface area contributed by atoms with Crippen molar-refractivity contribution in [3.63, 3.8) is 0 Å². The van der Waals surface area contributed by atoms with E-state index in [2.05, 4.69) is 244 Å². The fraction of sp³-hybridized carbons (Fsp3) is 0.0625. The maximum absolute atomic E-state index is 6.76. The molecule has 8 heteroatoms. The fourth-order valence-electron chi connectivity index (χ4n) is 10.7. The van der Waals surface area contributed by atoms with Crippen LogP contribution >= 0.6 is 0 Å². The Morgan fingerprint density at radius 2 is 1.06 bits per heavy atom. The van der Waals surface area contributed by atoms with Crippen LogP contribution < -0.4 is 9.30 Å². The van der Waals surface area contributed by atoms with Crippen LogP contribution in [0.4, 0.5) is 0 Å². The Bertz CT molecular complexity index is 4340. The molecule has 0 saturated heterocycles. The molecule has 5 aromatic heterocycles. The van der Waals surface area contributed by atoms with Gasteiger partial charge in [0.25, 0.3) is 6.33 Å². The van der Waals surface area contributed by atoms with Crippen LogP contribution in [0.25, 0.3) is 105 Å². The summed E-state index contributed by atoms with van der Waals surface area (Å²) in [5.74, 6) is 1.96. The number of ether oxygens (including phenoxy) is 1. The normalized spacial score (nSPS) is 12.0. The summed E-state index contributed by atoms with van der Waals surface area (Å²) >= 11 is 0. The van der Waals surface area contributed by atoms with E-state index < -0.39 is 0 Å². The maximum atomic E-state index is 6.76. The Morgan fingerprint density at radius 1 is 0.472 bits per heavy atom. The van der Waals surface area contributed by atoms with Gasteiger partial charge in [0, 0.05) is 71.5 Å². The molecule has 14 aromatic rings. The smallest absolute Gasteiger partial charge is 0.268 e. The van der Waals surface area contributed by atoms with Gasteiger partial charge in [-0.3, -0.25) is 4.57 Å². The average molecular weight is 1110 g/mol. The van der Waals surface area contributed by atoms with Gasteiger partial charge in [0.05, 0.1) is 44.5 Å². The molecule has 0 aliphatic heterocycles. The van der Waals surface area contributed by atoms with Gasteiger partial charge in [-0.05, 0) is 88.8 Å². The third-order valence-corrected chi connectivity index (χ3v) is 14.0. The summed E-state index contributed by atoms with van der Waals surface area (Å²) in [6.07, 6.45) is 5.65. The zero-order valence-electron chi connectivity index (χ0n) is 39.6. The fourth-order valence-corrected chi connectivity index (χ4v) is 10.7. The Morgan fingerprint density at radius 3 is 1.74 bits per heavy atom. The first-order chi connectivity index (χ1) is 34.9. The number of imidazole rings is 1. The summed E-state index contributed by atoms with van der Waals surface area (Å²) in [6.45, 7) is 6.70. The number of pyridine rings is 1. The zero-order valence-corrected chi connectivity index (χ0v) is 41.9. The van der Waals surface area contributed by atoms with Crippen molar-refractivity contribution >= 4 is 76.5 Å². The van der Waals surface area contributed by atoms with Crippen LogP contribution in [0, 0.1) is 18.5 Å². The van der Waals surface area contributed by atoms with Gasteiger partial charge in [-0.15, -0.1) is 29.7 Å². The van der Waals surface area contributed by atoms with Crippen molar-refractivity contribution in [2.75, 3.05) is 0 Å². The number of hydrogen-bond acceptors (Lipinski definition) is 2. The van der Waals surface area contributed by atoms with Crippen molar-refractivity contribution in [3.05, 3.63) is 236 Å². The topological polar surface area (TPSA) is 45.7 Å². The van der Waals surface area contributed by atoms with Crippen molar-refractivity contribution < 1.29 is 30.4 Å². The van der Waals surface area contributed by atoms with Gasteiger partial charge in [0.1, 0.15) is 5.82 Å². The monoisotopic (exact) mass is 1110 g/mol. The number of benzene rings is 9. The van der Waals surface area contributed by atoms with Gasteiger partial charge < -0.3 is 23.0 Å². The molecule has 348 valence electrons. The average Bonchev–Trinajstić information content (AvgIpc) is 4.15. The number of rotatable bonds is 7. The molecular formula is C64H44N6OPt-2. The van der Waals surface area contributed by atoms with Crippen LogP contribution in [0.15, 0.2) is 212 Å². The Hall–Kier alpha value is -8.51. The number of nitrogens with zero attached hydrogens (tertiary/aromatic N) is 6. The summed E-state index contributed by atoms with van der Waals surface area (Å²) < 4.78 is 17.9. The standard InChI is InChI=1S/C64H44N6O.Pt/c1-64(2,3)42-35-36-65-63(37-42)70-57-34-31-44(68-53-23-8-4-19-47(53)48-20-5-9-24-54(48)68)39-52(57)51-33-32-46(40-62(51)70)71-45-18-16-17-43(38-45)66-41-67(59-28-13-12-27-58(59)66)60-29-14-15-30-61(60)69-55-25-10-6-21-49(55)50-22-7-11-26-56(50)69;/h4-37,39H,1-3H3;/q-2;. The summed E-state index contributed by atoms with van der Waals surface area (Å²) in [7, 11) is 0. The van der Waals surface area contributed by atoms with E-state index in [1.807, 2.05) is 30.5 Å². The maximum Gasteiger partial charge on any atom is 0.268 e. The molecule has 0 unspecified atom stereocenters. The molecule has 0 N–H and O–H groups in total. The predicted molar refractivity (Wildman–Crippen MR) is 287 cm³/mol. The van der Waals surface area contributed by atoms with Crippen LogP contribution in [0.2, 0.25) is 0 Å². The Labute approximate surface area is 430 Å². The molecule has 0 radical (unpaired) electrons. The first-order valence-electron chi connectivity index (χ1n) is 24.1. The molecular weight excluding hydrogens is 1060 g/mol. The van der Waals surface area contributed by atoms with Crippen molar-refractivity contribution in [1.82, 2.24) is 23.3 Å². The largest absolute Gasteiger partial charge is 0.510 e. The first kappa shape index (κ1) is 43.5. The number of fused-ring (bicyclic) bond motifs is 10. The minimum atomic E-state index is -0.0729. The summed E-state index contributed by atoms with van der Waals surface area (Å²) in [6, 6.07) is 80.0. The van der Waals surface area contributed by atoms with E-state index in [0.717, 1.165) is 72.4 Å². The van der Waals surface area contributed by atoms with E-state index in [9.17, 15) is 0 Å². The van der Waals surface area contributed by atoms with Gasteiger partial charge >= 0.3 is 0 Å². The summed E-state index contributed by atoms with van der Waals surface area (Å²) in [4.78, 5) is 4.98. The van der Waals surface area contributed by atoms with Gasteiger partial charge in [-0.25, -0.2) is 4.98 Å². The molecule has 0 spiro atoms. The SMILES string of the molecule is CC(C)(C)c1ccnc(-n2c3[c-]c(Oc4[c-]c(-n5[c-][n+](-c6ccccc6-n6c7ccccc7c7ccccc76)c6ccccc65)ccc4)ccc3c3cc(-n4c5ccccc5c5ccccc54)ccc32)c1.[Pt]. The third-order valence-electron chi connectivity index (χ3n) is 14.0. The molecule has 7 nitrogen and oxygen atoms in total. The zero-order chi connectivity index (χ0) is 47.4. The molecule has 0 bridgehead atoms. The molecule has 0 amide bonds. The second-order valence-corrected chi connectivity index (χ2v) is 19.3. The van der Waals surface area contributed by atoms with E-state index in [1.165, 1.54) is 38.1 Å². The second kappa shape index (κ2) is 16.8. The first-order valence-corrected chi connectivity index (χ1v) is 24.1. The summed E-state index contributed by atoms with van der Waals surface area (Å²) in [5, 5.41) is 7.04.